The summed E-state index contributed by atoms with van der Waals surface area (Å²) in [6.45, 7) is 6.32. The number of nitrogens with one attached hydrogen (secondary N) is 2. The Hall–Kier alpha value is -2.10. The summed E-state index contributed by atoms with van der Waals surface area (Å²) in [4.78, 5) is 16.1. The Morgan fingerprint density at radius 2 is 1.95 bits per heavy atom. The van der Waals surface area contributed by atoms with Crippen molar-refractivity contribution < 1.29 is 4.79 Å². The molecule has 2 rings (SSSR count). The van der Waals surface area contributed by atoms with Crippen molar-refractivity contribution in [2.75, 3.05) is 0 Å². The molecule has 0 bridgehead atoms. The molecule has 2 amide bonds. The average molecular weight is 257 g/mol. The number of hydrogen-bond acceptors (Lipinski definition) is 2. The van der Waals surface area contributed by atoms with Crippen LogP contribution in [0.25, 0.3) is 10.9 Å². The van der Waals surface area contributed by atoms with Gasteiger partial charge in [-0.2, -0.15) is 0 Å². The van der Waals surface area contributed by atoms with Gasteiger partial charge in [-0.3, -0.25) is 4.98 Å². The van der Waals surface area contributed by atoms with Crippen molar-refractivity contribution in [2.45, 2.75) is 32.9 Å². The standard InChI is InChI=1S/C15H19N3O/c1-15(2,3)18-14(19)17-10-12-7-4-6-11-8-5-9-16-13(11)12/h4-9H,10H2,1-3H3,(H2,17,18,19). The van der Waals surface area contributed by atoms with Gasteiger partial charge in [0.2, 0.25) is 0 Å². The van der Waals surface area contributed by atoms with E-state index < -0.39 is 0 Å². The maximum atomic E-state index is 11.7. The summed E-state index contributed by atoms with van der Waals surface area (Å²) in [6.07, 6.45) is 1.76. The van der Waals surface area contributed by atoms with Crippen molar-refractivity contribution in [3.8, 4) is 0 Å². The van der Waals surface area contributed by atoms with Gasteiger partial charge in [0.1, 0.15) is 0 Å². The minimum Gasteiger partial charge on any atom is -0.334 e. The number of rotatable bonds is 2. The highest BCUT2D eigenvalue weighted by molar-refractivity contribution is 5.82. The molecule has 1 aromatic heterocycles. The molecule has 0 unspecified atom stereocenters. The van der Waals surface area contributed by atoms with Crippen LogP contribution >= 0.6 is 0 Å². The van der Waals surface area contributed by atoms with Crippen LogP contribution in [-0.4, -0.2) is 16.6 Å². The predicted octanol–water partition coefficient (Wildman–Crippen LogP) is 2.83. The zero-order valence-corrected chi connectivity index (χ0v) is 11.5. The summed E-state index contributed by atoms with van der Waals surface area (Å²) in [6, 6.07) is 9.73. The third kappa shape index (κ3) is 3.68. The number of nitrogens with zero attached hydrogens (tertiary/aromatic N) is 1. The molecule has 1 heterocycles. The van der Waals surface area contributed by atoms with Gasteiger partial charge >= 0.3 is 6.03 Å². The fourth-order valence-corrected chi connectivity index (χ4v) is 1.87. The molecule has 4 nitrogen and oxygen atoms in total. The second kappa shape index (κ2) is 5.26. The number of pyridine rings is 1. The maximum Gasteiger partial charge on any atom is 0.315 e. The summed E-state index contributed by atoms with van der Waals surface area (Å²) in [5, 5.41) is 6.81. The smallest absolute Gasteiger partial charge is 0.315 e. The Balaban J connectivity index is 2.08. The van der Waals surface area contributed by atoms with Crippen molar-refractivity contribution in [3.63, 3.8) is 0 Å². The normalized spacial score (nSPS) is 11.3. The molecular weight excluding hydrogens is 238 g/mol. The first kappa shape index (κ1) is 13.3. The minimum absolute atomic E-state index is 0.166. The Kier molecular flexibility index (Phi) is 3.69. The van der Waals surface area contributed by atoms with Crippen LogP contribution < -0.4 is 10.6 Å². The molecule has 4 heteroatoms. The number of fused-ring (bicyclic) bond motifs is 1. The number of aromatic nitrogens is 1. The van der Waals surface area contributed by atoms with E-state index in [0.29, 0.717) is 6.54 Å². The zero-order valence-electron chi connectivity index (χ0n) is 11.5. The van der Waals surface area contributed by atoms with E-state index >= 15 is 0 Å². The van der Waals surface area contributed by atoms with Crippen molar-refractivity contribution in [1.29, 1.82) is 0 Å². The lowest BCUT2D eigenvalue weighted by Gasteiger charge is -2.20. The van der Waals surface area contributed by atoms with Gasteiger partial charge in [-0.05, 0) is 32.4 Å². The van der Waals surface area contributed by atoms with Gasteiger partial charge in [0.25, 0.3) is 0 Å². The molecule has 0 radical (unpaired) electrons. The van der Waals surface area contributed by atoms with Crippen LogP contribution in [0.5, 0.6) is 0 Å². The highest BCUT2D eigenvalue weighted by Gasteiger charge is 2.13. The fraction of sp³-hybridized carbons (Fsp3) is 0.333. The zero-order chi connectivity index (χ0) is 13.9. The highest BCUT2D eigenvalue weighted by Crippen LogP contribution is 2.15. The third-order valence-corrected chi connectivity index (χ3v) is 2.64. The van der Waals surface area contributed by atoms with Gasteiger partial charge in [-0.15, -0.1) is 0 Å². The lowest BCUT2D eigenvalue weighted by Crippen LogP contribution is -2.46. The number of carbonyl (C=O) groups is 1. The lowest BCUT2D eigenvalue weighted by molar-refractivity contribution is 0.231. The first-order valence-corrected chi connectivity index (χ1v) is 6.34. The molecule has 1 aromatic carbocycles. The number of urea groups is 1. The van der Waals surface area contributed by atoms with Crippen LogP contribution in [0.15, 0.2) is 36.5 Å². The summed E-state index contributed by atoms with van der Waals surface area (Å²) < 4.78 is 0. The fourth-order valence-electron chi connectivity index (χ4n) is 1.87. The summed E-state index contributed by atoms with van der Waals surface area (Å²) >= 11 is 0. The molecule has 2 N–H and O–H groups in total. The maximum absolute atomic E-state index is 11.7. The van der Waals surface area contributed by atoms with Crippen molar-refractivity contribution in [2.24, 2.45) is 0 Å². The van der Waals surface area contributed by atoms with Crippen LogP contribution in [0, 0.1) is 0 Å². The monoisotopic (exact) mass is 257 g/mol. The SMILES string of the molecule is CC(C)(C)NC(=O)NCc1cccc2cccnc12. The molecule has 0 fully saturated rings. The van der Waals surface area contributed by atoms with Crippen molar-refractivity contribution >= 4 is 16.9 Å². The number of benzene rings is 1. The van der Waals surface area contributed by atoms with E-state index in [-0.39, 0.29) is 11.6 Å². The van der Waals surface area contributed by atoms with E-state index in [1.54, 1.807) is 6.20 Å². The van der Waals surface area contributed by atoms with Gasteiger partial charge in [-0.25, -0.2) is 4.79 Å². The molecular formula is C15H19N3O. The summed E-state index contributed by atoms with van der Waals surface area (Å²) in [5.41, 5.74) is 1.71. The van der Waals surface area contributed by atoms with E-state index in [1.807, 2.05) is 51.1 Å². The van der Waals surface area contributed by atoms with Crippen LogP contribution in [0.3, 0.4) is 0 Å². The number of carbonyl (C=O) groups excluding carboxylic acids is 1. The van der Waals surface area contributed by atoms with E-state index in [0.717, 1.165) is 16.5 Å². The van der Waals surface area contributed by atoms with E-state index in [1.165, 1.54) is 0 Å². The number of para-hydroxylation sites is 1. The van der Waals surface area contributed by atoms with Crippen molar-refractivity contribution in [3.05, 3.63) is 42.1 Å². The van der Waals surface area contributed by atoms with Crippen LogP contribution in [0.1, 0.15) is 26.3 Å². The predicted molar refractivity (Wildman–Crippen MR) is 76.9 cm³/mol. The molecule has 100 valence electrons. The molecule has 0 saturated heterocycles. The second-order valence-corrected chi connectivity index (χ2v) is 5.55. The molecule has 2 aromatic rings. The largest absolute Gasteiger partial charge is 0.334 e. The first-order chi connectivity index (χ1) is 8.96. The van der Waals surface area contributed by atoms with Gasteiger partial charge in [0.05, 0.1) is 5.52 Å². The van der Waals surface area contributed by atoms with Crippen LogP contribution in [0.4, 0.5) is 4.79 Å². The van der Waals surface area contributed by atoms with E-state index in [4.69, 9.17) is 0 Å². The van der Waals surface area contributed by atoms with E-state index in [2.05, 4.69) is 15.6 Å². The number of amides is 2. The summed E-state index contributed by atoms with van der Waals surface area (Å²) in [7, 11) is 0. The topological polar surface area (TPSA) is 54.0 Å². The molecule has 0 spiro atoms. The average Bonchev–Trinajstić information content (AvgIpc) is 2.34. The van der Waals surface area contributed by atoms with Gasteiger partial charge in [0.15, 0.2) is 0 Å². The van der Waals surface area contributed by atoms with Crippen LogP contribution in [-0.2, 0) is 6.54 Å². The second-order valence-electron chi connectivity index (χ2n) is 5.55. The first-order valence-electron chi connectivity index (χ1n) is 6.34. The molecule has 0 aliphatic rings. The van der Waals surface area contributed by atoms with Gasteiger partial charge in [-0.1, -0.05) is 24.3 Å². The van der Waals surface area contributed by atoms with Gasteiger partial charge < -0.3 is 10.6 Å². The molecule has 19 heavy (non-hydrogen) atoms. The Bertz CT molecular complexity index is 582. The number of hydrogen-bond donors (Lipinski definition) is 2. The lowest BCUT2D eigenvalue weighted by atomic mass is 10.1. The van der Waals surface area contributed by atoms with Crippen molar-refractivity contribution in [1.82, 2.24) is 15.6 Å². The van der Waals surface area contributed by atoms with Crippen LogP contribution in [0.2, 0.25) is 0 Å². The quantitative estimate of drug-likeness (QED) is 0.869. The van der Waals surface area contributed by atoms with E-state index in [9.17, 15) is 4.79 Å². The molecule has 0 saturated carbocycles. The molecule has 0 atom stereocenters. The Labute approximate surface area is 113 Å². The Morgan fingerprint density at radius 3 is 2.68 bits per heavy atom. The molecule has 0 aliphatic heterocycles. The van der Waals surface area contributed by atoms with Gasteiger partial charge in [0, 0.05) is 23.7 Å². The summed E-state index contributed by atoms with van der Waals surface area (Å²) in [5.74, 6) is 0. The molecule has 0 aliphatic carbocycles. The third-order valence-electron chi connectivity index (χ3n) is 2.64. The highest BCUT2D eigenvalue weighted by atomic mass is 16.2. The minimum atomic E-state index is -0.235. The Morgan fingerprint density at radius 1 is 1.21 bits per heavy atom.